The molecule has 0 atom stereocenters. The van der Waals surface area contributed by atoms with Crippen molar-refractivity contribution in [3.05, 3.63) is 32.8 Å². The molecule has 0 aromatic rings. The van der Waals surface area contributed by atoms with Gasteiger partial charge in [-0.05, 0) is 6.42 Å². The Balaban J connectivity index is 3.22. The first kappa shape index (κ1) is 11.7. The van der Waals surface area contributed by atoms with E-state index in [0.717, 1.165) is 0 Å². The van der Waals surface area contributed by atoms with Crippen molar-refractivity contribution in [2.45, 2.75) is 11.3 Å². The second kappa shape index (κ2) is 4.04. The van der Waals surface area contributed by atoms with Crippen LogP contribution in [0.15, 0.2) is 32.8 Å². The van der Waals surface area contributed by atoms with Gasteiger partial charge in [0.25, 0.3) is 0 Å². The summed E-state index contributed by atoms with van der Waals surface area (Å²) in [5, 5.41) is 0.937. The molecule has 13 heavy (non-hydrogen) atoms. The molecule has 0 heterocycles. The highest BCUT2D eigenvalue weighted by molar-refractivity contribution is 6.58. The number of alkyl halides is 1. The first-order valence-corrected chi connectivity index (χ1v) is 5.25. The highest BCUT2D eigenvalue weighted by Crippen LogP contribution is 2.53. The SMILES string of the molecule is C=CCC1(Cl)C(Cl)=C(Cl)C(Cl)=C1Cl. The van der Waals surface area contributed by atoms with Crippen molar-refractivity contribution in [1.82, 2.24) is 0 Å². The molecule has 0 saturated carbocycles. The first-order valence-electron chi connectivity index (χ1n) is 3.36. The van der Waals surface area contributed by atoms with E-state index < -0.39 is 4.87 Å². The van der Waals surface area contributed by atoms with E-state index in [1.807, 2.05) is 0 Å². The maximum atomic E-state index is 6.14. The van der Waals surface area contributed by atoms with E-state index in [9.17, 15) is 0 Å². The standard InChI is InChI=1S/C8H5Cl5/c1-2-3-8(13)6(11)4(9)5(10)7(8)12/h2H,1,3H2. The smallest absolute Gasteiger partial charge is 0.106 e. The Morgan fingerprint density at radius 1 is 1.08 bits per heavy atom. The third-order valence-corrected chi connectivity index (χ3v) is 4.49. The third kappa shape index (κ3) is 1.75. The molecule has 72 valence electrons. The predicted molar refractivity (Wildman–Crippen MR) is 60.9 cm³/mol. The van der Waals surface area contributed by atoms with Gasteiger partial charge in [-0.2, -0.15) is 0 Å². The van der Waals surface area contributed by atoms with Gasteiger partial charge in [-0.1, -0.05) is 52.5 Å². The number of rotatable bonds is 2. The minimum absolute atomic E-state index is 0.213. The normalized spacial score (nSPS) is 21.3. The number of hydrogen-bond donors (Lipinski definition) is 0. The Kier molecular flexibility index (Phi) is 3.65. The molecule has 0 saturated heterocycles. The van der Waals surface area contributed by atoms with E-state index in [-0.39, 0.29) is 20.1 Å². The summed E-state index contributed by atoms with van der Waals surface area (Å²) in [7, 11) is 0. The van der Waals surface area contributed by atoms with E-state index in [1.54, 1.807) is 6.08 Å². The quantitative estimate of drug-likeness (QED) is 0.496. The van der Waals surface area contributed by atoms with Crippen molar-refractivity contribution in [2.24, 2.45) is 0 Å². The summed E-state index contributed by atoms with van der Waals surface area (Å²) in [5.41, 5.74) is 0. The van der Waals surface area contributed by atoms with E-state index in [0.29, 0.717) is 6.42 Å². The van der Waals surface area contributed by atoms with E-state index in [4.69, 9.17) is 58.0 Å². The third-order valence-electron chi connectivity index (χ3n) is 1.70. The van der Waals surface area contributed by atoms with E-state index in [2.05, 4.69) is 6.58 Å². The highest BCUT2D eigenvalue weighted by atomic mass is 35.5. The van der Waals surface area contributed by atoms with E-state index >= 15 is 0 Å². The van der Waals surface area contributed by atoms with Crippen LogP contribution in [-0.4, -0.2) is 4.87 Å². The predicted octanol–water partition coefficient (Wildman–Crippen LogP) is 4.93. The summed E-state index contributed by atoms with van der Waals surface area (Å²) in [6, 6.07) is 0. The summed E-state index contributed by atoms with van der Waals surface area (Å²) < 4.78 is 0. The molecule has 1 aliphatic carbocycles. The summed E-state index contributed by atoms with van der Waals surface area (Å²) in [4.78, 5) is -1.01. The van der Waals surface area contributed by atoms with Crippen LogP contribution in [0, 0.1) is 0 Å². The van der Waals surface area contributed by atoms with Gasteiger partial charge >= 0.3 is 0 Å². The Labute approximate surface area is 102 Å². The van der Waals surface area contributed by atoms with Crippen molar-refractivity contribution < 1.29 is 0 Å². The molecule has 0 aromatic heterocycles. The molecule has 1 rings (SSSR count). The molecule has 0 radical (unpaired) electrons. The lowest BCUT2D eigenvalue weighted by molar-refractivity contribution is 0.859. The van der Waals surface area contributed by atoms with Crippen LogP contribution < -0.4 is 0 Å². The average Bonchev–Trinajstić information content (AvgIpc) is 2.23. The fourth-order valence-corrected chi connectivity index (χ4v) is 2.60. The maximum absolute atomic E-state index is 6.14. The lowest BCUT2D eigenvalue weighted by Crippen LogP contribution is -2.18. The van der Waals surface area contributed by atoms with Gasteiger partial charge in [0.15, 0.2) is 0 Å². The molecule has 0 N–H and O–H groups in total. The number of hydrogen-bond acceptors (Lipinski definition) is 0. The van der Waals surface area contributed by atoms with Gasteiger partial charge < -0.3 is 0 Å². The molecule has 0 unspecified atom stereocenters. The minimum Gasteiger partial charge on any atom is -0.106 e. The first-order chi connectivity index (χ1) is 5.95. The Bertz CT molecular complexity index is 288. The van der Waals surface area contributed by atoms with Crippen LogP contribution in [0.5, 0.6) is 0 Å². The molecule has 1 aliphatic rings. The fourth-order valence-electron chi connectivity index (χ4n) is 1.02. The molecule has 0 aliphatic heterocycles. The van der Waals surface area contributed by atoms with Gasteiger partial charge in [-0.15, -0.1) is 18.2 Å². The Morgan fingerprint density at radius 2 is 1.46 bits per heavy atom. The second-order valence-electron chi connectivity index (χ2n) is 2.55. The van der Waals surface area contributed by atoms with Crippen molar-refractivity contribution >= 4 is 58.0 Å². The average molecular weight is 278 g/mol. The maximum Gasteiger partial charge on any atom is 0.122 e. The molecule has 0 nitrogen and oxygen atoms in total. The van der Waals surface area contributed by atoms with Crippen molar-refractivity contribution in [3.63, 3.8) is 0 Å². The largest absolute Gasteiger partial charge is 0.122 e. The minimum atomic E-state index is -1.01. The van der Waals surface area contributed by atoms with Crippen molar-refractivity contribution in [1.29, 1.82) is 0 Å². The van der Waals surface area contributed by atoms with Crippen molar-refractivity contribution in [3.8, 4) is 0 Å². The second-order valence-corrected chi connectivity index (χ2v) is 4.71. The van der Waals surface area contributed by atoms with Crippen LogP contribution >= 0.6 is 58.0 Å². The van der Waals surface area contributed by atoms with Gasteiger partial charge in [0.2, 0.25) is 0 Å². The molecule has 0 amide bonds. The van der Waals surface area contributed by atoms with E-state index in [1.165, 1.54) is 0 Å². The van der Waals surface area contributed by atoms with Gasteiger partial charge in [0.05, 0.1) is 20.1 Å². The molecule has 0 fully saturated rings. The summed E-state index contributed by atoms with van der Waals surface area (Å²) >= 11 is 29.5. The Morgan fingerprint density at radius 3 is 1.77 bits per heavy atom. The molecular weight excluding hydrogens is 273 g/mol. The van der Waals surface area contributed by atoms with Crippen LogP contribution in [-0.2, 0) is 0 Å². The summed E-state index contributed by atoms with van der Waals surface area (Å²) in [6.45, 7) is 3.56. The summed E-state index contributed by atoms with van der Waals surface area (Å²) in [5.74, 6) is 0. The monoisotopic (exact) mass is 276 g/mol. The topological polar surface area (TPSA) is 0 Å². The van der Waals surface area contributed by atoms with Gasteiger partial charge in [-0.25, -0.2) is 0 Å². The zero-order chi connectivity index (χ0) is 10.2. The molecule has 0 aromatic carbocycles. The van der Waals surface area contributed by atoms with Crippen LogP contribution in [0.25, 0.3) is 0 Å². The van der Waals surface area contributed by atoms with Gasteiger partial charge in [0.1, 0.15) is 4.87 Å². The Hall–Kier alpha value is 0.670. The van der Waals surface area contributed by atoms with Crippen LogP contribution in [0.1, 0.15) is 6.42 Å². The van der Waals surface area contributed by atoms with Crippen molar-refractivity contribution in [2.75, 3.05) is 0 Å². The fraction of sp³-hybridized carbons (Fsp3) is 0.250. The lowest BCUT2D eigenvalue weighted by atomic mass is 10.1. The lowest BCUT2D eigenvalue weighted by Gasteiger charge is -2.20. The van der Waals surface area contributed by atoms with Gasteiger partial charge in [-0.3, -0.25) is 0 Å². The zero-order valence-electron chi connectivity index (χ0n) is 6.38. The number of halogens is 5. The summed E-state index contributed by atoms with van der Waals surface area (Å²) in [6.07, 6.45) is 2.00. The number of allylic oxidation sites excluding steroid dienone is 5. The van der Waals surface area contributed by atoms with Crippen LogP contribution in [0.4, 0.5) is 0 Å². The van der Waals surface area contributed by atoms with Crippen LogP contribution in [0.2, 0.25) is 0 Å². The van der Waals surface area contributed by atoms with Crippen LogP contribution in [0.3, 0.4) is 0 Å². The molecule has 0 bridgehead atoms. The van der Waals surface area contributed by atoms with Gasteiger partial charge in [0, 0.05) is 0 Å². The molecule has 5 heteroatoms. The zero-order valence-corrected chi connectivity index (χ0v) is 10.2. The molecular formula is C8H5Cl5. The highest BCUT2D eigenvalue weighted by Gasteiger charge is 2.43. The molecule has 0 spiro atoms.